The van der Waals surface area contributed by atoms with E-state index in [1.165, 1.54) is 0 Å². The highest BCUT2D eigenvalue weighted by molar-refractivity contribution is 6.30. The van der Waals surface area contributed by atoms with E-state index in [-0.39, 0.29) is 5.91 Å². The Morgan fingerprint density at radius 2 is 2.05 bits per heavy atom. The molecule has 5 heteroatoms. The molecule has 0 aliphatic rings. The normalized spacial score (nSPS) is 10.2. The summed E-state index contributed by atoms with van der Waals surface area (Å²) in [6.45, 7) is 4.76. The van der Waals surface area contributed by atoms with Gasteiger partial charge in [0, 0.05) is 28.5 Å². The fourth-order valence-corrected chi connectivity index (χ4v) is 2.13. The van der Waals surface area contributed by atoms with Crippen molar-refractivity contribution >= 4 is 29.0 Å². The second kappa shape index (κ2) is 7.09. The number of nitrogens with one attached hydrogen (secondary N) is 2. The number of aromatic nitrogens is 1. The SMILES string of the molecule is CCNc1cc(C(=O)Nc2cccc(Cl)c2)cc(CC)n1. The summed E-state index contributed by atoms with van der Waals surface area (Å²) in [6, 6.07) is 10.6. The molecular weight excluding hydrogens is 286 g/mol. The molecule has 0 fully saturated rings. The Balaban J connectivity index is 2.23. The molecule has 4 nitrogen and oxygen atoms in total. The average molecular weight is 304 g/mol. The van der Waals surface area contributed by atoms with E-state index < -0.39 is 0 Å². The molecule has 1 aromatic heterocycles. The number of amides is 1. The second-order valence-corrected chi connectivity index (χ2v) is 5.02. The second-order valence-electron chi connectivity index (χ2n) is 4.58. The molecule has 2 rings (SSSR count). The molecule has 2 N–H and O–H groups in total. The minimum atomic E-state index is -0.173. The highest BCUT2D eigenvalue weighted by atomic mass is 35.5. The molecule has 0 bridgehead atoms. The lowest BCUT2D eigenvalue weighted by Gasteiger charge is -2.10. The van der Waals surface area contributed by atoms with Crippen LogP contribution >= 0.6 is 11.6 Å². The predicted octanol–water partition coefficient (Wildman–Crippen LogP) is 3.98. The van der Waals surface area contributed by atoms with Crippen molar-refractivity contribution in [1.29, 1.82) is 0 Å². The monoisotopic (exact) mass is 303 g/mol. The number of hydrogen-bond donors (Lipinski definition) is 2. The van der Waals surface area contributed by atoms with Crippen LogP contribution in [0.1, 0.15) is 29.9 Å². The van der Waals surface area contributed by atoms with Crippen LogP contribution in [0.2, 0.25) is 5.02 Å². The van der Waals surface area contributed by atoms with Crippen molar-refractivity contribution < 1.29 is 4.79 Å². The lowest BCUT2D eigenvalue weighted by molar-refractivity contribution is 0.102. The van der Waals surface area contributed by atoms with E-state index in [1.807, 2.05) is 13.8 Å². The number of nitrogens with zero attached hydrogens (tertiary/aromatic N) is 1. The fraction of sp³-hybridized carbons (Fsp3) is 0.250. The lowest BCUT2D eigenvalue weighted by Crippen LogP contribution is -2.14. The molecule has 0 aliphatic heterocycles. The maximum absolute atomic E-state index is 12.3. The van der Waals surface area contributed by atoms with Crippen LogP contribution in [0.25, 0.3) is 0 Å². The Kier molecular flexibility index (Phi) is 5.17. The van der Waals surface area contributed by atoms with Gasteiger partial charge in [0.15, 0.2) is 0 Å². The summed E-state index contributed by atoms with van der Waals surface area (Å²) in [5, 5.41) is 6.57. The van der Waals surface area contributed by atoms with E-state index in [2.05, 4.69) is 15.6 Å². The molecule has 0 aliphatic carbocycles. The predicted molar refractivity (Wildman–Crippen MR) is 87.2 cm³/mol. The van der Waals surface area contributed by atoms with Gasteiger partial charge < -0.3 is 10.6 Å². The van der Waals surface area contributed by atoms with Gasteiger partial charge >= 0.3 is 0 Å². The van der Waals surface area contributed by atoms with Gasteiger partial charge in [0.1, 0.15) is 5.82 Å². The summed E-state index contributed by atoms with van der Waals surface area (Å²) in [7, 11) is 0. The van der Waals surface area contributed by atoms with Gasteiger partial charge in [-0.3, -0.25) is 4.79 Å². The molecule has 0 saturated carbocycles. The largest absolute Gasteiger partial charge is 0.370 e. The van der Waals surface area contributed by atoms with E-state index in [0.717, 1.165) is 18.7 Å². The highest BCUT2D eigenvalue weighted by Crippen LogP contribution is 2.17. The Bertz CT molecular complexity index is 643. The first-order valence-electron chi connectivity index (χ1n) is 6.94. The first-order chi connectivity index (χ1) is 10.1. The third kappa shape index (κ3) is 4.20. The van der Waals surface area contributed by atoms with Crippen LogP contribution < -0.4 is 10.6 Å². The Labute approximate surface area is 129 Å². The van der Waals surface area contributed by atoms with Crippen LogP contribution in [0.3, 0.4) is 0 Å². The van der Waals surface area contributed by atoms with Crippen molar-refractivity contribution in [2.45, 2.75) is 20.3 Å². The highest BCUT2D eigenvalue weighted by Gasteiger charge is 2.10. The van der Waals surface area contributed by atoms with E-state index in [1.54, 1.807) is 36.4 Å². The van der Waals surface area contributed by atoms with Crippen LogP contribution in [0.15, 0.2) is 36.4 Å². The van der Waals surface area contributed by atoms with Gasteiger partial charge in [-0.25, -0.2) is 4.98 Å². The van der Waals surface area contributed by atoms with Crippen LogP contribution in [-0.2, 0) is 6.42 Å². The van der Waals surface area contributed by atoms with Gasteiger partial charge in [-0.15, -0.1) is 0 Å². The molecular formula is C16H18ClN3O. The van der Waals surface area contributed by atoms with Crippen molar-refractivity contribution in [2.75, 3.05) is 17.2 Å². The third-order valence-electron chi connectivity index (χ3n) is 2.94. The zero-order chi connectivity index (χ0) is 15.2. The van der Waals surface area contributed by atoms with Gasteiger partial charge in [-0.05, 0) is 43.7 Å². The number of rotatable bonds is 5. The summed E-state index contributed by atoms with van der Waals surface area (Å²) >= 11 is 5.92. The molecule has 2 aromatic rings. The first-order valence-corrected chi connectivity index (χ1v) is 7.32. The molecule has 0 spiro atoms. The molecule has 0 unspecified atom stereocenters. The van der Waals surface area contributed by atoms with Crippen molar-refractivity contribution in [2.24, 2.45) is 0 Å². The summed E-state index contributed by atoms with van der Waals surface area (Å²) in [5.41, 5.74) is 2.13. The number of benzene rings is 1. The van der Waals surface area contributed by atoms with Gasteiger partial charge in [0.2, 0.25) is 0 Å². The Morgan fingerprint density at radius 3 is 2.71 bits per heavy atom. The molecule has 21 heavy (non-hydrogen) atoms. The third-order valence-corrected chi connectivity index (χ3v) is 3.18. The van der Waals surface area contributed by atoms with E-state index in [4.69, 9.17) is 11.6 Å². The summed E-state index contributed by atoms with van der Waals surface area (Å²) in [5.74, 6) is 0.543. The van der Waals surface area contributed by atoms with Crippen LogP contribution in [-0.4, -0.2) is 17.4 Å². The average Bonchev–Trinajstić information content (AvgIpc) is 2.47. The Morgan fingerprint density at radius 1 is 1.24 bits per heavy atom. The number of carbonyl (C=O) groups excluding carboxylic acids is 1. The minimum Gasteiger partial charge on any atom is -0.370 e. The molecule has 1 heterocycles. The summed E-state index contributed by atoms with van der Waals surface area (Å²) in [4.78, 5) is 16.8. The van der Waals surface area contributed by atoms with Crippen molar-refractivity contribution in [1.82, 2.24) is 4.98 Å². The van der Waals surface area contributed by atoms with Gasteiger partial charge in [-0.2, -0.15) is 0 Å². The van der Waals surface area contributed by atoms with Crippen molar-refractivity contribution in [3.63, 3.8) is 0 Å². The standard InChI is InChI=1S/C16H18ClN3O/c1-3-13-8-11(9-15(19-13)18-4-2)16(21)20-14-7-5-6-12(17)10-14/h5-10H,3-4H2,1-2H3,(H,18,19)(H,20,21). The van der Waals surface area contributed by atoms with Crippen molar-refractivity contribution in [3.05, 3.63) is 52.7 Å². The van der Waals surface area contributed by atoms with Crippen molar-refractivity contribution in [3.8, 4) is 0 Å². The molecule has 0 atom stereocenters. The molecule has 0 radical (unpaired) electrons. The zero-order valence-corrected chi connectivity index (χ0v) is 12.9. The summed E-state index contributed by atoms with van der Waals surface area (Å²) in [6.07, 6.45) is 0.774. The van der Waals surface area contributed by atoms with E-state index in [9.17, 15) is 4.79 Å². The minimum absolute atomic E-state index is 0.173. The molecule has 110 valence electrons. The number of anilines is 2. The Hall–Kier alpha value is -2.07. The van der Waals surface area contributed by atoms with E-state index >= 15 is 0 Å². The maximum atomic E-state index is 12.3. The topological polar surface area (TPSA) is 54.0 Å². The molecule has 1 amide bonds. The number of pyridine rings is 1. The zero-order valence-electron chi connectivity index (χ0n) is 12.1. The number of hydrogen-bond acceptors (Lipinski definition) is 3. The van der Waals surface area contributed by atoms with Gasteiger partial charge in [0.25, 0.3) is 5.91 Å². The first kappa shape index (κ1) is 15.3. The summed E-state index contributed by atoms with van der Waals surface area (Å²) < 4.78 is 0. The van der Waals surface area contributed by atoms with E-state index in [0.29, 0.717) is 22.1 Å². The van der Waals surface area contributed by atoms with Gasteiger partial charge in [-0.1, -0.05) is 24.6 Å². The maximum Gasteiger partial charge on any atom is 0.255 e. The van der Waals surface area contributed by atoms with Gasteiger partial charge in [0.05, 0.1) is 0 Å². The number of carbonyl (C=O) groups is 1. The molecule has 0 saturated heterocycles. The van der Waals surface area contributed by atoms with Crippen LogP contribution in [0, 0.1) is 0 Å². The lowest BCUT2D eigenvalue weighted by atomic mass is 10.1. The van der Waals surface area contributed by atoms with Crippen LogP contribution in [0.4, 0.5) is 11.5 Å². The fourth-order valence-electron chi connectivity index (χ4n) is 1.94. The molecule has 1 aromatic carbocycles. The number of halogens is 1. The smallest absolute Gasteiger partial charge is 0.255 e. The van der Waals surface area contributed by atoms with Crippen LogP contribution in [0.5, 0.6) is 0 Å². The quantitative estimate of drug-likeness (QED) is 0.878. The number of aryl methyl sites for hydroxylation is 1.